The summed E-state index contributed by atoms with van der Waals surface area (Å²) in [7, 11) is 0. The van der Waals surface area contributed by atoms with E-state index >= 15 is 0 Å². The molecule has 4 amide bonds. The highest BCUT2D eigenvalue weighted by molar-refractivity contribution is 6.33. The fourth-order valence-corrected chi connectivity index (χ4v) is 5.28. The number of rotatable bonds is 5. The van der Waals surface area contributed by atoms with Crippen LogP contribution in [0.5, 0.6) is 0 Å². The molecule has 4 rings (SSSR count). The van der Waals surface area contributed by atoms with E-state index in [9.17, 15) is 24.5 Å². The Kier molecular flexibility index (Phi) is 6.07. The number of carbonyl (C=O) groups excluding carboxylic acids is 3. The number of nitro groups is 1. The van der Waals surface area contributed by atoms with E-state index in [4.69, 9.17) is 11.6 Å². The number of benzene rings is 2. The van der Waals surface area contributed by atoms with Crippen LogP contribution in [0.4, 0.5) is 21.9 Å². The Labute approximate surface area is 201 Å². The number of carbonyl (C=O) groups is 3. The Hall–Kier alpha value is -3.46. The molecule has 0 radical (unpaired) electrons. The standard InChI is InChI=1S/C24H25ClN4O5/c1-4-10-27-19-9-8-17(29(33)34)11-15(19)13-24(20(27)5-2)21(30)26-23(32)28(22(24)31)16-7-6-14(3)18(25)12-16/h6-9,11-12,20H,4-5,10,13H2,1-3H3,(H,26,30,32)/t20-,24+/m1/s1. The molecule has 0 unspecified atom stereocenters. The van der Waals surface area contributed by atoms with Crippen molar-refractivity contribution in [3.05, 3.63) is 62.7 Å². The molecule has 2 aliphatic heterocycles. The number of hydrogen-bond acceptors (Lipinski definition) is 6. The molecule has 1 saturated heterocycles. The number of amides is 4. The third-order valence-electron chi connectivity index (χ3n) is 6.68. The Morgan fingerprint density at radius 3 is 2.53 bits per heavy atom. The summed E-state index contributed by atoms with van der Waals surface area (Å²) in [6, 6.07) is 7.94. The molecular formula is C24H25ClN4O5. The van der Waals surface area contributed by atoms with Crippen LogP contribution in [0.3, 0.4) is 0 Å². The van der Waals surface area contributed by atoms with E-state index in [0.717, 1.165) is 22.6 Å². The fraction of sp³-hybridized carbons (Fsp3) is 0.375. The Morgan fingerprint density at radius 1 is 1.18 bits per heavy atom. The Balaban J connectivity index is 1.91. The van der Waals surface area contributed by atoms with E-state index in [2.05, 4.69) is 5.32 Å². The molecule has 2 aliphatic rings. The highest BCUT2D eigenvalue weighted by Crippen LogP contribution is 2.47. The van der Waals surface area contributed by atoms with Gasteiger partial charge in [-0.25, -0.2) is 9.69 Å². The maximum Gasteiger partial charge on any atom is 0.335 e. The van der Waals surface area contributed by atoms with Crippen molar-refractivity contribution < 1.29 is 19.3 Å². The van der Waals surface area contributed by atoms with Gasteiger partial charge < -0.3 is 4.90 Å². The summed E-state index contributed by atoms with van der Waals surface area (Å²) in [5.41, 5.74) is 0.547. The third kappa shape index (κ3) is 3.51. The number of fused-ring (bicyclic) bond motifs is 1. The lowest BCUT2D eigenvalue weighted by Gasteiger charge is -2.51. The zero-order chi connectivity index (χ0) is 24.8. The highest BCUT2D eigenvalue weighted by Gasteiger charge is 2.61. The van der Waals surface area contributed by atoms with Gasteiger partial charge in [0.25, 0.3) is 11.6 Å². The number of halogens is 1. The first-order chi connectivity index (χ1) is 16.1. The van der Waals surface area contributed by atoms with Crippen molar-refractivity contribution in [1.29, 1.82) is 0 Å². The predicted octanol–water partition coefficient (Wildman–Crippen LogP) is 4.38. The maximum absolute atomic E-state index is 14.1. The van der Waals surface area contributed by atoms with Crippen LogP contribution in [0, 0.1) is 22.5 Å². The number of hydrogen-bond donors (Lipinski definition) is 1. The number of imide groups is 2. The van der Waals surface area contributed by atoms with Crippen LogP contribution in [-0.2, 0) is 16.0 Å². The second-order valence-corrected chi connectivity index (χ2v) is 9.08. The lowest BCUT2D eigenvalue weighted by Crippen LogP contribution is -2.72. The van der Waals surface area contributed by atoms with Crippen molar-refractivity contribution in [2.75, 3.05) is 16.3 Å². The number of anilines is 2. The smallest absolute Gasteiger partial charge is 0.335 e. The third-order valence-corrected chi connectivity index (χ3v) is 7.08. The molecule has 1 N–H and O–H groups in total. The molecule has 34 heavy (non-hydrogen) atoms. The number of nitro benzene ring substituents is 1. The predicted molar refractivity (Wildman–Crippen MR) is 128 cm³/mol. The highest BCUT2D eigenvalue weighted by atomic mass is 35.5. The van der Waals surface area contributed by atoms with Crippen LogP contribution in [0.25, 0.3) is 0 Å². The second kappa shape index (κ2) is 8.72. The number of barbiturate groups is 1. The summed E-state index contributed by atoms with van der Waals surface area (Å²) in [5, 5.41) is 14.2. The first-order valence-corrected chi connectivity index (χ1v) is 11.5. The average Bonchev–Trinajstić information content (AvgIpc) is 2.79. The summed E-state index contributed by atoms with van der Waals surface area (Å²) in [5.74, 6) is -1.35. The minimum absolute atomic E-state index is 0.0588. The van der Waals surface area contributed by atoms with Gasteiger partial charge in [-0.3, -0.25) is 25.0 Å². The lowest BCUT2D eigenvalue weighted by atomic mass is 9.67. The van der Waals surface area contributed by atoms with Gasteiger partial charge in [0.05, 0.1) is 16.7 Å². The minimum atomic E-state index is -1.64. The number of non-ortho nitro benzene ring substituents is 1. The molecule has 2 aromatic rings. The summed E-state index contributed by atoms with van der Waals surface area (Å²) in [4.78, 5) is 54.3. The minimum Gasteiger partial charge on any atom is -0.367 e. The summed E-state index contributed by atoms with van der Waals surface area (Å²) in [6.07, 6.45) is 1.12. The molecule has 9 nitrogen and oxygen atoms in total. The Bertz CT molecular complexity index is 1220. The van der Waals surface area contributed by atoms with Crippen LogP contribution >= 0.6 is 11.6 Å². The van der Waals surface area contributed by atoms with E-state index in [1.807, 2.05) is 18.7 Å². The zero-order valence-electron chi connectivity index (χ0n) is 19.1. The molecule has 1 fully saturated rings. The molecule has 1 spiro atoms. The van der Waals surface area contributed by atoms with Crippen molar-refractivity contribution in [3.8, 4) is 0 Å². The van der Waals surface area contributed by atoms with E-state index in [1.165, 1.54) is 18.2 Å². The molecule has 2 aromatic carbocycles. The molecule has 0 aromatic heterocycles. The molecule has 10 heteroatoms. The van der Waals surface area contributed by atoms with Crippen LogP contribution < -0.4 is 15.1 Å². The van der Waals surface area contributed by atoms with E-state index in [0.29, 0.717) is 23.6 Å². The molecule has 0 bridgehead atoms. The molecule has 0 aliphatic carbocycles. The quantitative estimate of drug-likeness (QED) is 0.383. The fourth-order valence-electron chi connectivity index (χ4n) is 5.10. The number of nitrogens with one attached hydrogen (secondary N) is 1. The van der Waals surface area contributed by atoms with Crippen LogP contribution in [0.1, 0.15) is 37.8 Å². The molecule has 2 heterocycles. The monoisotopic (exact) mass is 484 g/mol. The first-order valence-electron chi connectivity index (χ1n) is 11.2. The van der Waals surface area contributed by atoms with Crippen molar-refractivity contribution in [2.45, 2.75) is 46.1 Å². The second-order valence-electron chi connectivity index (χ2n) is 8.67. The van der Waals surface area contributed by atoms with Gasteiger partial charge in [-0.15, -0.1) is 0 Å². The van der Waals surface area contributed by atoms with Crippen LogP contribution in [0.2, 0.25) is 5.02 Å². The molecular weight excluding hydrogens is 460 g/mol. The lowest BCUT2D eigenvalue weighted by molar-refractivity contribution is -0.384. The van der Waals surface area contributed by atoms with Crippen LogP contribution in [-0.4, -0.2) is 35.4 Å². The van der Waals surface area contributed by atoms with Gasteiger partial charge in [-0.05, 0) is 49.1 Å². The van der Waals surface area contributed by atoms with Gasteiger partial charge in [-0.1, -0.05) is 31.5 Å². The van der Waals surface area contributed by atoms with Crippen molar-refractivity contribution in [3.63, 3.8) is 0 Å². The average molecular weight is 485 g/mol. The number of nitrogens with zero attached hydrogens (tertiary/aromatic N) is 3. The largest absolute Gasteiger partial charge is 0.367 e. The van der Waals surface area contributed by atoms with E-state index in [-0.39, 0.29) is 17.8 Å². The summed E-state index contributed by atoms with van der Waals surface area (Å²) < 4.78 is 0. The Morgan fingerprint density at radius 2 is 1.91 bits per heavy atom. The van der Waals surface area contributed by atoms with Gasteiger partial charge in [0.2, 0.25) is 5.91 Å². The molecule has 0 saturated carbocycles. The normalized spacial score (nSPS) is 22.1. The molecule has 178 valence electrons. The first kappa shape index (κ1) is 23.7. The van der Waals surface area contributed by atoms with Gasteiger partial charge in [-0.2, -0.15) is 0 Å². The van der Waals surface area contributed by atoms with Gasteiger partial charge in [0.15, 0.2) is 5.41 Å². The number of urea groups is 1. The van der Waals surface area contributed by atoms with Gasteiger partial charge in [0, 0.05) is 35.8 Å². The maximum atomic E-state index is 14.1. The van der Waals surface area contributed by atoms with E-state index in [1.54, 1.807) is 25.1 Å². The van der Waals surface area contributed by atoms with Crippen molar-refractivity contribution >= 4 is 46.5 Å². The van der Waals surface area contributed by atoms with Gasteiger partial charge >= 0.3 is 6.03 Å². The SMILES string of the molecule is CCCN1c2ccc([N+](=O)[O-])cc2C[C@@]2(C(=O)NC(=O)N(c3ccc(C)c(Cl)c3)C2=O)[C@H]1CC. The van der Waals surface area contributed by atoms with Gasteiger partial charge in [0.1, 0.15) is 0 Å². The summed E-state index contributed by atoms with van der Waals surface area (Å²) >= 11 is 6.26. The number of aryl methyl sites for hydroxylation is 1. The topological polar surface area (TPSA) is 113 Å². The van der Waals surface area contributed by atoms with Crippen LogP contribution in [0.15, 0.2) is 36.4 Å². The zero-order valence-corrected chi connectivity index (χ0v) is 19.9. The summed E-state index contributed by atoms with van der Waals surface area (Å²) in [6.45, 7) is 6.20. The van der Waals surface area contributed by atoms with Crippen molar-refractivity contribution in [2.24, 2.45) is 5.41 Å². The molecule has 2 atom stereocenters. The van der Waals surface area contributed by atoms with Crippen molar-refractivity contribution in [1.82, 2.24) is 5.32 Å². The van der Waals surface area contributed by atoms with E-state index < -0.39 is 34.2 Å².